The van der Waals surface area contributed by atoms with Crippen LogP contribution in [0.3, 0.4) is 0 Å². The molecular weight excluding hydrogens is 328 g/mol. The number of nitrogens with zero attached hydrogens (tertiary/aromatic N) is 4. The second-order valence-electron chi connectivity index (χ2n) is 6.13. The summed E-state index contributed by atoms with van der Waals surface area (Å²) in [4.78, 5) is 24.5. The maximum Gasteiger partial charge on any atom is 0.223 e. The largest absolute Gasteiger partial charge is 0.497 e. The van der Waals surface area contributed by atoms with Gasteiger partial charge in [-0.1, -0.05) is 0 Å². The summed E-state index contributed by atoms with van der Waals surface area (Å²) in [6, 6.07) is 13.6. The van der Waals surface area contributed by atoms with Crippen LogP contribution < -0.4 is 14.5 Å². The van der Waals surface area contributed by atoms with Crippen molar-refractivity contribution in [1.29, 1.82) is 0 Å². The molecule has 0 atom stereocenters. The van der Waals surface area contributed by atoms with Crippen molar-refractivity contribution in [2.75, 3.05) is 31.0 Å². The molecule has 0 unspecified atom stereocenters. The van der Waals surface area contributed by atoms with Gasteiger partial charge in [0.25, 0.3) is 0 Å². The molecule has 26 heavy (non-hydrogen) atoms. The molecule has 0 aliphatic rings. The molecule has 0 N–H and O–H groups in total. The van der Waals surface area contributed by atoms with Gasteiger partial charge in [0, 0.05) is 37.8 Å². The van der Waals surface area contributed by atoms with Crippen molar-refractivity contribution in [1.82, 2.24) is 9.97 Å². The third-order valence-corrected chi connectivity index (χ3v) is 4.41. The van der Waals surface area contributed by atoms with E-state index in [0.717, 1.165) is 33.8 Å². The number of benzene rings is 2. The average molecular weight is 350 g/mol. The second kappa shape index (κ2) is 7.00. The number of rotatable bonds is 4. The molecule has 0 saturated heterocycles. The molecule has 1 amide bonds. The van der Waals surface area contributed by atoms with Gasteiger partial charge in [-0.25, -0.2) is 9.97 Å². The topological polar surface area (TPSA) is 58.6 Å². The zero-order valence-electron chi connectivity index (χ0n) is 15.6. The van der Waals surface area contributed by atoms with E-state index in [1.54, 1.807) is 26.0 Å². The third kappa shape index (κ3) is 3.31. The van der Waals surface area contributed by atoms with Crippen LogP contribution in [0.15, 0.2) is 42.5 Å². The molecule has 0 spiro atoms. The Bertz CT molecular complexity index is 954. The Morgan fingerprint density at radius 2 is 1.65 bits per heavy atom. The summed E-state index contributed by atoms with van der Waals surface area (Å²) in [5.41, 5.74) is 2.63. The molecule has 1 heterocycles. The maximum absolute atomic E-state index is 11.7. The Kier molecular flexibility index (Phi) is 4.75. The average Bonchev–Trinajstić information content (AvgIpc) is 2.65. The minimum absolute atomic E-state index is 0.0255. The van der Waals surface area contributed by atoms with E-state index in [2.05, 4.69) is 9.97 Å². The predicted octanol–water partition coefficient (Wildman–Crippen LogP) is 3.70. The molecule has 3 rings (SSSR count). The van der Waals surface area contributed by atoms with Crippen molar-refractivity contribution in [3.05, 3.63) is 48.3 Å². The fourth-order valence-corrected chi connectivity index (χ4v) is 2.79. The van der Waals surface area contributed by atoms with E-state index in [-0.39, 0.29) is 5.91 Å². The van der Waals surface area contributed by atoms with Crippen molar-refractivity contribution in [2.45, 2.75) is 13.8 Å². The molecule has 0 bridgehead atoms. The van der Waals surface area contributed by atoms with E-state index in [9.17, 15) is 4.79 Å². The summed E-state index contributed by atoms with van der Waals surface area (Å²) in [5.74, 6) is 2.26. The molecule has 6 nitrogen and oxygen atoms in total. The van der Waals surface area contributed by atoms with Crippen molar-refractivity contribution in [3.8, 4) is 5.75 Å². The number of aryl methyl sites for hydroxylation is 1. The van der Waals surface area contributed by atoms with Gasteiger partial charge in [-0.2, -0.15) is 0 Å². The number of amides is 1. The number of methoxy groups -OCH3 is 1. The summed E-state index contributed by atoms with van der Waals surface area (Å²) in [6.45, 7) is 3.42. The highest BCUT2D eigenvalue weighted by Gasteiger charge is 2.14. The molecule has 1 aromatic heterocycles. The van der Waals surface area contributed by atoms with Gasteiger partial charge in [-0.05, 0) is 49.4 Å². The SMILES string of the molecule is COc1ccc(N(C)c2nc(C)nc3ccc(N(C)C(C)=O)cc23)cc1. The molecule has 0 aliphatic carbocycles. The van der Waals surface area contributed by atoms with Crippen LogP contribution in [0.5, 0.6) is 5.75 Å². The minimum Gasteiger partial charge on any atom is -0.497 e. The monoisotopic (exact) mass is 350 g/mol. The van der Waals surface area contributed by atoms with Gasteiger partial charge in [-0.3, -0.25) is 4.79 Å². The van der Waals surface area contributed by atoms with Crippen LogP contribution >= 0.6 is 0 Å². The first-order chi connectivity index (χ1) is 12.4. The van der Waals surface area contributed by atoms with Gasteiger partial charge in [0.1, 0.15) is 17.4 Å². The Balaban J connectivity index is 2.13. The maximum atomic E-state index is 11.7. The van der Waals surface area contributed by atoms with Crippen LogP contribution in [0.2, 0.25) is 0 Å². The molecule has 0 fully saturated rings. The lowest BCUT2D eigenvalue weighted by Crippen LogP contribution is -2.22. The summed E-state index contributed by atoms with van der Waals surface area (Å²) < 4.78 is 5.23. The van der Waals surface area contributed by atoms with Crippen LogP contribution in [0.25, 0.3) is 10.9 Å². The number of carbonyl (C=O) groups is 1. The first-order valence-corrected chi connectivity index (χ1v) is 8.31. The smallest absolute Gasteiger partial charge is 0.223 e. The van der Waals surface area contributed by atoms with E-state index in [0.29, 0.717) is 5.82 Å². The van der Waals surface area contributed by atoms with E-state index in [1.165, 1.54) is 0 Å². The number of fused-ring (bicyclic) bond motifs is 1. The number of ether oxygens (including phenoxy) is 1. The lowest BCUT2D eigenvalue weighted by Gasteiger charge is -2.22. The molecule has 6 heteroatoms. The highest BCUT2D eigenvalue weighted by molar-refractivity contribution is 5.98. The van der Waals surface area contributed by atoms with Crippen LogP contribution in [-0.2, 0) is 4.79 Å². The summed E-state index contributed by atoms with van der Waals surface area (Å²) in [5, 5.41) is 0.888. The highest BCUT2D eigenvalue weighted by Crippen LogP contribution is 2.32. The highest BCUT2D eigenvalue weighted by atomic mass is 16.5. The normalized spacial score (nSPS) is 10.7. The number of hydrogen-bond acceptors (Lipinski definition) is 5. The quantitative estimate of drug-likeness (QED) is 0.718. The summed E-state index contributed by atoms with van der Waals surface area (Å²) in [6.07, 6.45) is 0. The third-order valence-electron chi connectivity index (χ3n) is 4.41. The fraction of sp³-hybridized carbons (Fsp3) is 0.250. The molecule has 3 aromatic rings. The number of carbonyl (C=O) groups excluding carboxylic acids is 1. The Morgan fingerprint density at radius 3 is 2.27 bits per heavy atom. The van der Waals surface area contributed by atoms with Crippen molar-refractivity contribution in [2.24, 2.45) is 0 Å². The molecule has 0 radical (unpaired) electrons. The van der Waals surface area contributed by atoms with Crippen LogP contribution in [0.4, 0.5) is 17.2 Å². The zero-order chi connectivity index (χ0) is 18.8. The number of anilines is 3. The Labute approximate surface area is 153 Å². The molecule has 134 valence electrons. The van der Waals surface area contributed by atoms with Crippen molar-refractivity contribution < 1.29 is 9.53 Å². The van der Waals surface area contributed by atoms with Crippen LogP contribution in [0.1, 0.15) is 12.7 Å². The lowest BCUT2D eigenvalue weighted by atomic mass is 10.1. The van der Waals surface area contributed by atoms with Crippen molar-refractivity contribution in [3.63, 3.8) is 0 Å². The van der Waals surface area contributed by atoms with Crippen molar-refractivity contribution >= 4 is 34.0 Å². The van der Waals surface area contributed by atoms with E-state index in [4.69, 9.17) is 4.74 Å². The zero-order valence-corrected chi connectivity index (χ0v) is 15.6. The second-order valence-corrected chi connectivity index (χ2v) is 6.13. The van der Waals surface area contributed by atoms with Crippen LogP contribution in [0, 0.1) is 6.92 Å². The molecular formula is C20H22N4O2. The molecule has 2 aromatic carbocycles. The Hall–Kier alpha value is -3.15. The van der Waals surface area contributed by atoms with Gasteiger partial charge in [0.15, 0.2) is 0 Å². The van der Waals surface area contributed by atoms with Gasteiger partial charge in [0.2, 0.25) is 5.91 Å². The van der Waals surface area contributed by atoms with E-state index < -0.39 is 0 Å². The first-order valence-electron chi connectivity index (χ1n) is 8.31. The molecule has 0 saturated carbocycles. The first kappa shape index (κ1) is 17.7. The predicted molar refractivity (Wildman–Crippen MR) is 104 cm³/mol. The fourth-order valence-electron chi connectivity index (χ4n) is 2.79. The van der Waals surface area contributed by atoms with E-state index >= 15 is 0 Å². The Morgan fingerprint density at radius 1 is 1.00 bits per heavy atom. The summed E-state index contributed by atoms with van der Waals surface area (Å²) in [7, 11) is 5.36. The van der Waals surface area contributed by atoms with Crippen LogP contribution in [-0.4, -0.2) is 37.1 Å². The number of hydrogen-bond donors (Lipinski definition) is 0. The van der Waals surface area contributed by atoms with Gasteiger partial charge in [-0.15, -0.1) is 0 Å². The van der Waals surface area contributed by atoms with E-state index in [1.807, 2.05) is 61.3 Å². The van der Waals surface area contributed by atoms with Gasteiger partial charge < -0.3 is 14.5 Å². The number of aromatic nitrogens is 2. The van der Waals surface area contributed by atoms with Gasteiger partial charge in [0.05, 0.1) is 12.6 Å². The molecule has 0 aliphatic heterocycles. The van der Waals surface area contributed by atoms with Gasteiger partial charge >= 0.3 is 0 Å². The minimum atomic E-state index is -0.0255. The standard InChI is InChI=1S/C20H22N4O2/c1-13-21-19-11-8-16(23(3)14(2)25)12-18(19)20(22-13)24(4)15-6-9-17(26-5)10-7-15/h6-12H,1-5H3. The lowest BCUT2D eigenvalue weighted by molar-refractivity contribution is -0.116. The summed E-state index contributed by atoms with van der Waals surface area (Å²) >= 11 is 0.